The third-order valence-corrected chi connectivity index (χ3v) is 4.00. The Balaban J connectivity index is 2.14. The molecule has 0 unspecified atom stereocenters. The van der Waals surface area contributed by atoms with Crippen molar-refractivity contribution in [2.75, 3.05) is 11.9 Å². The lowest BCUT2D eigenvalue weighted by Crippen LogP contribution is -2.36. The molecule has 1 aliphatic carbocycles. The molecule has 0 spiro atoms. The number of anilines is 1. The molecule has 1 heterocycles. The minimum absolute atomic E-state index is 0.0327. The normalized spacial score (nSPS) is 16.0. The third kappa shape index (κ3) is 4.45. The van der Waals surface area contributed by atoms with E-state index in [0.717, 1.165) is 36.5 Å². The molecule has 0 bridgehead atoms. The maximum Gasteiger partial charge on any atom is 0.251 e. The molecule has 1 saturated carbocycles. The second kappa shape index (κ2) is 7.43. The Morgan fingerprint density at radius 1 is 1.29 bits per heavy atom. The van der Waals surface area contributed by atoms with E-state index in [9.17, 15) is 4.79 Å². The van der Waals surface area contributed by atoms with E-state index in [1.54, 1.807) is 0 Å². The van der Waals surface area contributed by atoms with E-state index in [2.05, 4.69) is 29.5 Å². The Bertz CT molecular complexity index is 479. The van der Waals surface area contributed by atoms with Crippen LogP contribution in [0.15, 0.2) is 12.1 Å². The van der Waals surface area contributed by atoms with E-state index in [4.69, 9.17) is 0 Å². The van der Waals surface area contributed by atoms with E-state index in [1.165, 1.54) is 19.3 Å². The fraction of sp³-hybridized carbons (Fsp3) is 0.647. The molecule has 0 aromatic carbocycles. The molecule has 2 rings (SSSR count). The number of pyridine rings is 1. The van der Waals surface area contributed by atoms with Crippen LogP contribution in [0.25, 0.3) is 0 Å². The summed E-state index contributed by atoms with van der Waals surface area (Å²) in [4.78, 5) is 17.0. The summed E-state index contributed by atoms with van der Waals surface area (Å²) in [5.41, 5.74) is 1.68. The first-order valence-electron chi connectivity index (χ1n) is 8.17. The maximum atomic E-state index is 12.5. The van der Waals surface area contributed by atoms with Crippen molar-refractivity contribution in [1.29, 1.82) is 0 Å². The number of amides is 1. The Hall–Kier alpha value is -1.58. The van der Waals surface area contributed by atoms with Crippen molar-refractivity contribution < 1.29 is 4.79 Å². The zero-order valence-corrected chi connectivity index (χ0v) is 13.4. The maximum absolute atomic E-state index is 12.5. The highest BCUT2D eigenvalue weighted by Gasteiger charge is 2.18. The van der Waals surface area contributed by atoms with Gasteiger partial charge in [-0.15, -0.1) is 0 Å². The van der Waals surface area contributed by atoms with Crippen molar-refractivity contribution in [3.05, 3.63) is 23.4 Å². The van der Waals surface area contributed by atoms with Gasteiger partial charge in [0.05, 0.1) is 0 Å². The molecule has 1 aromatic rings. The van der Waals surface area contributed by atoms with Crippen LogP contribution >= 0.6 is 0 Å². The van der Waals surface area contributed by atoms with Crippen LogP contribution in [0.4, 0.5) is 5.82 Å². The van der Waals surface area contributed by atoms with Crippen LogP contribution in [-0.2, 0) is 0 Å². The molecule has 2 N–H and O–H groups in total. The number of hydrogen-bond donors (Lipinski definition) is 2. The number of nitrogens with one attached hydrogen (secondary N) is 2. The molecule has 1 aromatic heterocycles. The van der Waals surface area contributed by atoms with Gasteiger partial charge >= 0.3 is 0 Å². The van der Waals surface area contributed by atoms with E-state index in [0.29, 0.717) is 12.0 Å². The molecular formula is C17H27N3O. The molecular weight excluding hydrogens is 262 g/mol. The van der Waals surface area contributed by atoms with Crippen LogP contribution in [0.3, 0.4) is 0 Å². The molecule has 0 radical (unpaired) electrons. The molecule has 1 amide bonds. The van der Waals surface area contributed by atoms with Gasteiger partial charge in [-0.25, -0.2) is 4.98 Å². The van der Waals surface area contributed by atoms with E-state index in [1.807, 2.05) is 19.1 Å². The molecule has 21 heavy (non-hydrogen) atoms. The number of hydrogen-bond acceptors (Lipinski definition) is 3. The topological polar surface area (TPSA) is 54.0 Å². The van der Waals surface area contributed by atoms with Gasteiger partial charge in [0, 0.05) is 23.8 Å². The summed E-state index contributed by atoms with van der Waals surface area (Å²) in [6, 6.07) is 4.11. The predicted molar refractivity (Wildman–Crippen MR) is 86.8 cm³/mol. The summed E-state index contributed by atoms with van der Waals surface area (Å²) in [6.45, 7) is 7.03. The van der Waals surface area contributed by atoms with Gasteiger partial charge in [0.2, 0.25) is 0 Å². The molecule has 1 fully saturated rings. The van der Waals surface area contributed by atoms with Crippen molar-refractivity contribution in [2.24, 2.45) is 0 Å². The summed E-state index contributed by atoms with van der Waals surface area (Å²) in [7, 11) is 0. The Morgan fingerprint density at radius 2 is 2.00 bits per heavy atom. The number of aromatic nitrogens is 1. The molecule has 0 aliphatic heterocycles. The highest BCUT2D eigenvalue weighted by atomic mass is 16.1. The van der Waals surface area contributed by atoms with Crippen molar-refractivity contribution in [3.63, 3.8) is 0 Å². The highest BCUT2D eigenvalue weighted by molar-refractivity contribution is 5.95. The van der Waals surface area contributed by atoms with Gasteiger partial charge < -0.3 is 10.6 Å². The average molecular weight is 289 g/mol. The lowest BCUT2D eigenvalue weighted by Gasteiger charge is -2.23. The van der Waals surface area contributed by atoms with Gasteiger partial charge in [-0.1, -0.05) is 33.1 Å². The lowest BCUT2D eigenvalue weighted by atomic mass is 9.95. The van der Waals surface area contributed by atoms with Crippen molar-refractivity contribution in [2.45, 2.75) is 64.8 Å². The molecule has 1 aliphatic rings. The molecule has 4 heteroatoms. The van der Waals surface area contributed by atoms with Gasteiger partial charge in [-0.05, 0) is 37.8 Å². The smallest absolute Gasteiger partial charge is 0.251 e. The van der Waals surface area contributed by atoms with Gasteiger partial charge in [-0.2, -0.15) is 0 Å². The van der Waals surface area contributed by atoms with Crippen LogP contribution < -0.4 is 10.6 Å². The van der Waals surface area contributed by atoms with Crippen LogP contribution in [0.1, 0.15) is 74.8 Å². The van der Waals surface area contributed by atoms with E-state index in [-0.39, 0.29) is 5.91 Å². The van der Waals surface area contributed by atoms with E-state index >= 15 is 0 Å². The number of nitrogens with zero attached hydrogens (tertiary/aromatic N) is 1. The highest BCUT2D eigenvalue weighted by Crippen LogP contribution is 2.20. The molecule has 0 saturated heterocycles. The quantitative estimate of drug-likeness (QED) is 0.869. The summed E-state index contributed by atoms with van der Waals surface area (Å²) in [5, 5.41) is 6.39. The predicted octanol–water partition coefficient (Wildman–Crippen LogP) is 3.70. The molecule has 4 nitrogen and oxygen atoms in total. The number of carbonyl (C=O) groups is 1. The van der Waals surface area contributed by atoms with Crippen molar-refractivity contribution in [1.82, 2.24) is 10.3 Å². The Morgan fingerprint density at radius 3 is 2.62 bits per heavy atom. The SMILES string of the molecule is CCNc1cc(C(=O)NC2CCCCC2)cc(C(C)C)n1. The molecule has 116 valence electrons. The monoisotopic (exact) mass is 289 g/mol. The van der Waals surface area contributed by atoms with Gasteiger partial charge in [0.25, 0.3) is 5.91 Å². The van der Waals surface area contributed by atoms with Crippen molar-refractivity contribution >= 4 is 11.7 Å². The summed E-state index contributed by atoms with van der Waals surface area (Å²) in [5.74, 6) is 1.13. The van der Waals surface area contributed by atoms with Gasteiger partial charge in [0.15, 0.2) is 0 Å². The fourth-order valence-electron chi connectivity index (χ4n) is 2.77. The van der Waals surface area contributed by atoms with Crippen LogP contribution in [0, 0.1) is 0 Å². The van der Waals surface area contributed by atoms with E-state index < -0.39 is 0 Å². The summed E-state index contributed by atoms with van der Waals surface area (Å²) in [6.07, 6.45) is 5.95. The zero-order chi connectivity index (χ0) is 15.2. The Labute approximate surface area is 127 Å². The first-order valence-corrected chi connectivity index (χ1v) is 8.17. The average Bonchev–Trinajstić information content (AvgIpc) is 2.48. The first kappa shape index (κ1) is 15.8. The minimum atomic E-state index is 0.0327. The third-order valence-electron chi connectivity index (χ3n) is 4.00. The second-order valence-corrected chi connectivity index (χ2v) is 6.16. The van der Waals surface area contributed by atoms with Gasteiger partial charge in [0.1, 0.15) is 5.82 Å². The van der Waals surface area contributed by atoms with Crippen LogP contribution in [-0.4, -0.2) is 23.5 Å². The van der Waals surface area contributed by atoms with Crippen LogP contribution in [0.5, 0.6) is 0 Å². The summed E-state index contributed by atoms with van der Waals surface area (Å²) < 4.78 is 0. The van der Waals surface area contributed by atoms with Gasteiger partial charge in [-0.3, -0.25) is 4.79 Å². The standard InChI is InChI=1S/C17H27N3O/c1-4-18-16-11-13(10-15(20-16)12(2)3)17(21)19-14-8-6-5-7-9-14/h10-12,14H,4-9H2,1-3H3,(H,18,20)(H,19,21). The minimum Gasteiger partial charge on any atom is -0.370 e. The lowest BCUT2D eigenvalue weighted by molar-refractivity contribution is 0.0927. The second-order valence-electron chi connectivity index (χ2n) is 6.16. The largest absolute Gasteiger partial charge is 0.370 e. The number of carbonyl (C=O) groups excluding carboxylic acids is 1. The summed E-state index contributed by atoms with van der Waals surface area (Å²) >= 11 is 0. The van der Waals surface area contributed by atoms with Crippen molar-refractivity contribution in [3.8, 4) is 0 Å². The zero-order valence-electron chi connectivity index (χ0n) is 13.4. The number of rotatable bonds is 5. The van der Waals surface area contributed by atoms with Crippen LogP contribution in [0.2, 0.25) is 0 Å². The molecule has 0 atom stereocenters. The fourth-order valence-corrected chi connectivity index (χ4v) is 2.77. The first-order chi connectivity index (χ1) is 10.1. The Kier molecular flexibility index (Phi) is 5.59.